The average molecular weight is 322 g/mol. The Bertz CT molecular complexity index is 896. The maximum absolute atomic E-state index is 13.6. The fourth-order valence-electron chi connectivity index (χ4n) is 3.39. The number of benzene rings is 2. The Morgan fingerprint density at radius 1 is 1.21 bits per heavy atom. The van der Waals surface area contributed by atoms with Crippen LogP contribution in [0.3, 0.4) is 0 Å². The molecular weight excluding hydrogens is 303 g/mol. The summed E-state index contributed by atoms with van der Waals surface area (Å²) in [6.45, 7) is 1.98. The van der Waals surface area contributed by atoms with Gasteiger partial charge < -0.3 is 10.3 Å². The lowest BCUT2D eigenvalue weighted by Gasteiger charge is -2.20. The number of halogens is 1. The minimum Gasteiger partial charge on any atom is -0.361 e. The molecule has 24 heavy (non-hydrogen) atoms. The summed E-state index contributed by atoms with van der Waals surface area (Å²) < 4.78 is 13.6. The van der Waals surface area contributed by atoms with Crippen LogP contribution >= 0.6 is 0 Å². The monoisotopic (exact) mass is 322 g/mol. The summed E-state index contributed by atoms with van der Waals surface area (Å²) in [5, 5.41) is 3.92. The topological polar surface area (TPSA) is 44.9 Å². The van der Waals surface area contributed by atoms with Crippen LogP contribution in [0.15, 0.2) is 54.7 Å². The van der Waals surface area contributed by atoms with Crippen LogP contribution in [0, 0.1) is 5.82 Å². The molecule has 0 aliphatic heterocycles. The van der Waals surface area contributed by atoms with Crippen molar-refractivity contribution in [1.29, 1.82) is 0 Å². The fourth-order valence-corrected chi connectivity index (χ4v) is 3.39. The van der Waals surface area contributed by atoms with Crippen molar-refractivity contribution >= 4 is 16.8 Å². The summed E-state index contributed by atoms with van der Waals surface area (Å²) in [5.74, 6) is -0.263. The molecule has 1 heterocycles. The summed E-state index contributed by atoms with van der Waals surface area (Å²) in [7, 11) is 0. The molecule has 0 bridgehead atoms. The largest absolute Gasteiger partial charge is 0.361 e. The first-order valence-electron chi connectivity index (χ1n) is 8.23. The molecule has 1 fully saturated rings. The Morgan fingerprint density at radius 3 is 2.67 bits per heavy atom. The van der Waals surface area contributed by atoms with E-state index in [9.17, 15) is 9.18 Å². The molecule has 1 aliphatic carbocycles. The van der Waals surface area contributed by atoms with Gasteiger partial charge in [0.05, 0.1) is 11.5 Å². The minimum atomic E-state index is -0.533. The SMILES string of the molecule is CC(NC(=O)C1(c2c[nH]c3ccc(F)cc23)CC1)c1ccccc1. The minimum absolute atomic E-state index is 0.0176. The number of fused-ring (bicyclic) bond motifs is 1. The van der Waals surface area contributed by atoms with E-state index in [1.54, 1.807) is 6.07 Å². The van der Waals surface area contributed by atoms with Gasteiger partial charge in [-0.1, -0.05) is 30.3 Å². The number of hydrogen-bond donors (Lipinski definition) is 2. The lowest BCUT2D eigenvalue weighted by Crippen LogP contribution is -2.36. The lowest BCUT2D eigenvalue weighted by atomic mass is 9.93. The van der Waals surface area contributed by atoms with Crippen LogP contribution in [0.4, 0.5) is 4.39 Å². The van der Waals surface area contributed by atoms with Crippen molar-refractivity contribution in [2.45, 2.75) is 31.2 Å². The van der Waals surface area contributed by atoms with Crippen LogP contribution < -0.4 is 5.32 Å². The van der Waals surface area contributed by atoms with E-state index in [2.05, 4.69) is 10.3 Å². The highest BCUT2D eigenvalue weighted by atomic mass is 19.1. The van der Waals surface area contributed by atoms with Crippen molar-refractivity contribution in [1.82, 2.24) is 10.3 Å². The summed E-state index contributed by atoms with van der Waals surface area (Å²) in [6, 6.07) is 14.5. The number of aromatic amines is 1. The van der Waals surface area contributed by atoms with Crippen molar-refractivity contribution in [2.75, 3.05) is 0 Å². The maximum Gasteiger partial charge on any atom is 0.231 e. The van der Waals surface area contributed by atoms with Gasteiger partial charge in [0.15, 0.2) is 0 Å². The number of hydrogen-bond acceptors (Lipinski definition) is 1. The zero-order valence-electron chi connectivity index (χ0n) is 13.5. The normalized spacial score (nSPS) is 16.8. The van der Waals surface area contributed by atoms with Gasteiger partial charge in [0.1, 0.15) is 5.82 Å². The number of carbonyl (C=O) groups is 1. The van der Waals surface area contributed by atoms with Crippen LogP contribution in [-0.4, -0.2) is 10.9 Å². The molecular formula is C20H19FN2O. The Kier molecular flexibility index (Phi) is 3.41. The van der Waals surface area contributed by atoms with E-state index in [-0.39, 0.29) is 17.8 Å². The Morgan fingerprint density at radius 2 is 1.96 bits per heavy atom. The molecule has 4 rings (SSSR count). The fraction of sp³-hybridized carbons (Fsp3) is 0.250. The van der Waals surface area contributed by atoms with Crippen molar-refractivity contribution in [3.8, 4) is 0 Å². The number of aromatic nitrogens is 1. The second kappa shape index (κ2) is 5.48. The standard InChI is InChI=1S/C20H19FN2O/c1-13(14-5-3-2-4-6-14)23-19(24)20(9-10-20)17-12-22-18-8-7-15(21)11-16(17)18/h2-8,11-13,22H,9-10H2,1H3,(H,23,24). The molecule has 1 amide bonds. The molecule has 3 nitrogen and oxygen atoms in total. The first-order chi connectivity index (χ1) is 11.6. The van der Waals surface area contributed by atoms with E-state index < -0.39 is 5.41 Å². The highest BCUT2D eigenvalue weighted by Gasteiger charge is 2.52. The van der Waals surface area contributed by atoms with Gasteiger partial charge in [-0.2, -0.15) is 0 Å². The van der Waals surface area contributed by atoms with E-state index in [0.29, 0.717) is 0 Å². The van der Waals surface area contributed by atoms with E-state index in [1.165, 1.54) is 12.1 Å². The summed E-state index contributed by atoms with van der Waals surface area (Å²) in [5.41, 5.74) is 2.30. The molecule has 1 aromatic heterocycles. The van der Waals surface area contributed by atoms with Crippen LogP contribution in [0.25, 0.3) is 10.9 Å². The van der Waals surface area contributed by atoms with Crippen LogP contribution in [0.2, 0.25) is 0 Å². The lowest BCUT2D eigenvalue weighted by molar-refractivity contribution is -0.124. The molecule has 0 radical (unpaired) electrons. The molecule has 2 N–H and O–H groups in total. The quantitative estimate of drug-likeness (QED) is 0.742. The zero-order chi connectivity index (χ0) is 16.7. The summed E-state index contributed by atoms with van der Waals surface area (Å²) in [6.07, 6.45) is 3.44. The second-order valence-electron chi connectivity index (χ2n) is 6.58. The van der Waals surface area contributed by atoms with Crippen molar-refractivity contribution in [3.63, 3.8) is 0 Å². The molecule has 1 aliphatic rings. The number of H-pyrrole nitrogens is 1. The smallest absolute Gasteiger partial charge is 0.231 e. The zero-order valence-corrected chi connectivity index (χ0v) is 13.5. The summed E-state index contributed by atoms with van der Waals surface area (Å²) in [4.78, 5) is 16.1. The molecule has 122 valence electrons. The molecule has 0 saturated heterocycles. The molecule has 4 heteroatoms. The van der Waals surface area contributed by atoms with Gasteiger partial charge in [0, 0.05) is 17.1 Å². The van der Waals surface area contributed by atoms with Crippen LogP contribution in [0.5, 0.6) is 0 Å². The van der Waals surface area contributed by atoms with Gasteiger partial charge in [0.25, 0.3) is 0 Å². The third kappa shape index (κ3) is 2.39. The van der Waals surface area contributed by atoms with Gasteiger partial charge in [-0.15, -0.1) is 0 Å². The van der Waals surface area contributed by atoms with Crippen molar-refractivity contribution in [2.24, 2.45) is 0 Å². The highest BCUT2D eigenvalue weighted by molar-refractivity contribution is 5.97. The Hall–Kier alpha value is -2.62. The maximum atomic E-state index is 13.6. The predicted molar refractivity (Wildman–Crippen MR) is 92.2 cm³/mol. The second-order valence-corrected chi connectivity index (χ2v) is 6.58. The number of rotatable bonds is 4. The number of nitrogens with one attached hydrogen (secondary N) is 2. The molecule has 1 atom stereocenters. The van der Waals surface area contributed by atoms with Gasteiger partial charge in [-0.25, -0.2) is 4.39 Å². The summed E-state index contributed by atoms with van der Waals surface area (Å²) >= 11 is 0. The van der Waals surface area contributed by atoms with Gasteiger partial charge in [-0.05, 0) is 49.1 Å². The first kappa shape index (κ1) is 14.9. The van der Waals surface area contributed by atoms with E-state index in [0.717, 1.165) is 34.9 Å². The average Bonchev–Trinajstić information content (AvgIpc) is 3.30. The number of amides is 1. The number of carbonyl (C=O) groups excluding carboxylic acids is 1. The molecule has 2 aromatic carbocycles. The van der Waals surface area contributed by atoms with Gasteiger partial charge >= 0.3 is 0 Å². The van der Waals surface area contributed by atoms with Crippen molar-refractivity contribution in [3.05, 3.63) is 71.7 Å². The molecule has 3 aromatic rings. The third-order valence-electron chi connectivity index (χ3n) is 4.99. The van der Waals surface area contributed by atoms with Crippen molar-refractivity contribution < 1.29 is 9.18 Å². The Labute approximate surface area is 139 Å². The highest BCUT2D eigenvalue weighted by Crippen LogP contribution is 2.51. The van der Waals surface area contributed by atoms with Gasteiger partial charge in [0.2, 0.25) is 5.91 Å². The third-order valence-corrected chi connectivity index (χ3v) is 4.99. The Balaban J connectivity index is 1.63. The van der Waals surface area contributed by atoms with Crippen LogP contribution in [-0.2, 0) is 10.2 Å². The van der Waals surface area contributed by atoms with E-state index in [4.69, 9.17) is 0 Å². The first-order valence-corrected chi connectivity index (χ1v) is 8.23. The molecule has 0 spiro atoms. The predicted octanol–water partition coefficient (Wildman–Crippen LogP) is 4.22. The van der Waals surface area contributed by atoms with Crippen LogP contribution in [0.1, 0.15) is 36.9 Å². The van der Waals surface area contributed by atoms with Gasteiger partial charge in [-0.3, -0.25) is 4.79 Å². The van der Waals surface area contributed by atoms with E-state index >= 15 is 0 Å². The molecule has 1 unspecified atom stereocenters. The van der Waals surface area contributed by atoms with E-state index in [1.807, 2.05) is 43.5 Å². The molecule has 1 saturated carbocycles.